The fourth-order valence-corrected chi connectivity index (χ4v) is 6.61. The van der Waals surface area contributed by atoms with Gasteiger partial charge >= 0.3 is 0 Å². The highest BCUT2D eigenvalue weighted by atomic mass is 15.4. The number of rotatable bonds is 2. The van der Waals surface area contributed by atoms with Crippen LogP contribution in [0.1, 0.15) is 63.8 Å². The van der Waals surface area contributed by atoms with Crippen molar-refractivity contribution in [3.05, 3.63) is 149 Å². The second-order valence-electron chi connectivity index (χ2n) is 13.9. The fraction of sp³-hybridized carbons (Fsp3) is 0.263. The van der Waals surface area contributed by atoms with Crippen LogP contribution < -0.4 is 0 Å². The predicted octanol–water partition coefficient (Wildman–Crippen LogP) is 7.52. The minimum atomic E-state index is -0.0899. The van der Waals surface area contributed by atoms with Crippen molar-refractivity contribution in [2.45, 2.75) is 66.2 Å². The summed E-state index contributed by atoms with van der Waals surface area (Å²) in [6.45, 7) is 17.8. The van der Waals surface area contributed by atoms with Crippen molar-refractivity contribution < 1.29 is 0 Å². The van der Waals surface area contributed by atoms with E-state index in [9.17, 15) is 0 Å². The third-order valence-corrected chi connectivity index (χ3v) is 8.73. The van der Waals surface area contributed by atoms with E-state index < -0.39 is 0 Å². The summed E-state index contributed by atoms with van der Waals surface area (Å²) in [5.74, 6) is 0. The normalized spacial score (nSPS) is 12.5. The van der Waals surface area contributed by atoms with E-state index in [2.05, 4.69) is 150 Å². The summed E-state index contributed by atoms with van der Waals surface area (Å²) < 4.78 is 4.10. The minimum absolute atomic E-state index is 0.0899. The van der Waals surface area contributed by atoms with Crippen molar-refractivity contribution in [3.8, 4) is 11.4 Å². The third-order valence-electron chi connectivity index (χ3n) is 8.73. The summed E-state index contributed by atoms with van der Waals surface area (Å²) in [5.41, 5.74) is 6.71. The highest BCUT2D eigenvalue weighted by molar-refractivity contribution is 5.52. The molecule has 2 heterocycles. The Kier molecular flexibility index (Phi) is 6.26. The van der Waals surface area contributed by atoms with Gasteiger partial charge in [0.2, 0.25) is 0 Å². The summed E-state index contributed by atoms with van der Waals surface area (Å²) >= 11 is 0. The number of hydrogen-bond acceptors (Lipinski definition) is 4. The van der Waals surface area contributed by atoms with E-state index in [-0.39, 0.29) is 10.8 Å². The smallest absolute Gasteiger partial charge is 0.122 e. The van der Waals surface area contributed by atoms with Crippen molar-refractivity contribution in [1.29, 1.82) is 0 Å². The second kappa shape index (κ2) is 9.84. The summed E-state index contributed by atoms with van der Waals surface area (Å²) in [6, 6.07) is 29.9. The SMILES string of the molecule is Cc1cccc(C(C)(C)C)c1-n1nnc2c1=c1ccccc1=c1nnn(-c3c(C)cccc3C(C)(C)C)c1=c1ccccc1=2. The molecule has 0 aliphatic heterocycles. The van der Waals surface area contributed by atoms with Gasteiger partial charge in [-0.25, -0.2) is 9.36 Å². The zero-order valence-corrected chi connectivity index (χ0v) is 26.8. The van der Waals surface area contributed by atoms with E-state index in [1.807, 2.05) is 0 Å². The van der Waals surface area contributed by atoms with Crippen molar-refractivity contribution in [1.82, 2.24) is 30.0 Å². The number of fused-ring (bicyclic) bond motifs is 4. The Morgan fingerprint density at radius 3 is 1.18 bits per heavy atom. The van der Waals surface area contributed by atoms with E-state index in [0.717, 1.165) is 64.8 Å². The molecule has 0 amide bonds. The molecule has 6 aromatic rings. The molecule has 0 saturated carbocycles. The van der Waals surface area contributed by atoms with Crippen LogP contribution >= 0.6 is 0 Å². The fourth-order valence-electron chi connectivity index (χ4n) is 6.61. The average Bonchev–Trinajstić information content (AvgIpc) is 3.60. The zero-order valence-electron chi connectivity index (χ0n) is 26.8. The van der Waals surface area contributed by atoms with Gasteiger partial charge in [0.05, 0.1) is 11.4 Å². The van der Waals surface area contributed by atoms with Gasteiger partial charge < -0.3 is 0 Å². The maximum absolute atomic E-state index is 4.94. The molecule has 0 fully saturated rings. The van der Waals surface area contributed by atoms with Gasteiger partial charge in [-0.3, -0.25) is 0 Å². The Morgan fingerprint density at radius 2 is 0.818 bits per heavy atom. The first-order valence-electron chi connectivity index (χ1n) is 15.3. The van der Waals surface area contributed by atoms with E-state index in [1.54, 1.807) is 0 Å². The highest BCUT2D eigenvalue weighted by Gasteiger charge is 2.24. The maximum Gasteiger partial charge on any atom is 0.122 e. The monoisotopic (exact) mass is 578 g/mol. The van der Waals surface area contributed by atoms with Crippen LogP contribution in [0.15, 0.2) is 84.9 Å². The number of hydrogen-bond donors (Lipinski definition) is 0. The lowest BCUT2D eigenvalue weighted by Gasteiger charge is -2.24. The summed E-state index contributed by atoms with van der Waals surface area (Å²) in [5, 5.41) is 27.3. The maximum atomic E-state index is 4.94. The van der Waals surface area contributed by atoms with E-state index >= 15 is 0 Å². The first kappa shape index (κ1) is 28.0. The number of benzene rings is 4. The van der Waals surface area contributed by atoms with Crippen LogP contribution in [0.4, 0.5) is 0 Å². The third kappa shape index (κ3) is 4.23. The topological polar surface area (TPSA) is 61.4 Å². The molecule has 4 aromatic carbocycles. The Labute approximate surface area is 256 Å². The molecule has 0 radical (unpaired) electrons. The molecule has 0 atom stereocenters. The predicted molar refractivity (Wildman–Crippen MR) is 173 cm³/mol. The number of aromatic nitrogens is 6. The molecule has 0 saturated heterocycles. The second-order valence-corrected chi connectivity index (χ2v) is 13.9. The Balaban J connectivity index is 1.81. The molecular formula is C38H38N6. The van der Waals surface area contributed by atoms with Gasteiger partial charge in [-0.2, -0.15) is 0 Å². The lowest BCUT2D eigenvalue weighted by Crippen LogP contribution is -2.17. The van der Waals surface area contributed by atoms with Crippen LogP contribution in [-0.2, 0) is 10.8 Å². The van der Waals surface area contributed by atoms with Crippen LogP contribution in [0.5, 0.6) is 0 Å². The summed E-state index contributed by atoms with van der Waals surface area (Å²) in [6.07, 6.45) is 0. The molecule has 2 aromatic heterocycles. The zero-order chi connectivity index (χ0) is 31.0. The molecule has 44 heavy (non-hydrogen) atoms. The van der Waals surface area contributed by atoms with Gasteiger partial charge in [0.1, 0.15) is 21.4 Å². The average molecular weight is 579 g/mol. The first-order chi connectivity index (χ1) is 21.0. The molecule has 0 spiro atoms. The van der Waals surface area contributed by atoms with Gasteiger partial charge in [0, 0.05) is 20.9 Å². The number of aryl methyl sites for hydroxylation is 2. The molecule has 0 unspecified atom stereocenters. The van der Waals surface area contributed by atoms with E-state index in [1.165, 1.54) is 11.1 Å². The van der Waals surface area contributed by atoms with Gasteiger partial charge in [-0.1, -0.05) is 137 Å². The Morgan fingerprint density at radius 1 is 0.455 bits per heavy atom. The molecule has 1 aliphatic rings. The van der Waals surface area contributed by atoms with Crippen LogP contribution in [0.25, 0.3) is 11.4 Å². The molecule has 0 bridgehead atoms. The van der Waals surface area contributed by atoms with Crippen molar-refractivity contribution in [2.24, 2.45) is 0 Å². The van der Waals surface area contributed by atoms with Gasteiger partial charge in [0.25, 0.3) is 0 Å². The molecule has 6 nitrogen and oxygen atoms in total. The molecular weight excluding hydrogens is 540 g/mol. The van der Waals surface area contributed by atoms with E-state index in [0.29, 0.717) is 0 Å². The van der Waals surface area contributed by atoms with Crippen molar-refractivity contribution in [2.75, 3.05) is 0 Å². The van der Waals surface area contributed by atoms with Gasteiger partial charge in [-0.15, -0.1) is 10.2 Å². The molecule has 7 rings (SSSR count). The summed E-state index contributed by atoms with van der Waals surface area (Å²) in [7, 11) is 0. The minimum Gasteiger partial charge on any atom is -0.212 e. The Bertz CT molecular complexity index is 2320. The molecule has 0 N–H and O–H groups in total. The van der Waals surface area contributed by atoms with Crippen molar-refractivity contribution >= 4 is 0 Å². The molecule has 1 aliphatic carbocycles. The van der Waals surface area contributed by atoms with Crippen LogP contribution in [-0.4, -0.2) is 30.0 Å². The summed E-state index contributed by atoms with van der Waals surface area (Å²) in [4.78, 5) is 0. The highest BCUT2D eigenvalue weighted by Crippen LogP contribution is 2.32. The van der Waals surface area contributed by atoms with Crippen molar-refractivity contribution in [3.63, 3.8) is 0 Å². The lowest BCUT2D eigenvalue weighted by atomic mass is 9.84. The standard InChI is InChI=1S/C38H38N6/c1-23-15-13-21-29(37(3,4)5)33(23)43-35-27-19-11-9-17-25(27)32-36(28-20-12-10-18-26(28)31(35)39-41-43)44(42-40-32)34-24(2)16-14-22-30(34)38(6,7)8/h9-22H,1-8H3. The van der Waals surface area contributed by atoms with Gasteiger partial charge in [-0.05, 0) is 46.9 Å². The largest absolute Gasteiger partial charge is 0.212 e. The van der Waals surface area contributed by atoms with E-state index in [4.69, 9.17) is 20.6 Å². The van der Waals surface area contributed by atoms with Crippen LogP contribution in [0, 0.1) is 56.1 Å². The molecule has 220 valence electrons. The molecule has 6 heteroatoms. The van der Waals surface area contributed by atoms with Gasteiger partial charge in [0.15, 0.2) is 0 Å². The van der Waals surface area contributed by atoms with Crippen LogP contribution in [0.3, 0.4) is 0 Å². The number of para-hydroxylation sites is 2. The lowest BCUT2D eigenvalue weighted by molar-refractivity contribution is 0.579. The number of nitrogens with zero attached hydrogens (tertiary/aromatic N) is 6. The Hall–Kier alpha value is -4.84. The van der Waals surface area contributed by atoms with Crippen LogP contribution in [0.2, 0.25) is 0 Å². The quantitative estimate of drug-likeness (QED) is 0.213. The first-order valence-corrected chi connectivity index (χ1v) is 15.3.